The van der Waals surface area contributed by atoms with Crippen LogP contribution in [0, 0.1) is 28.4 Å². The molecule has 0 saturated carbocycles. The quantitative estimate of drug-likeness (QED) is 0.639. The van der Waals surface area contributed by atoms with Crippen LogP contribution < -0.4 is 5.32 Å². The predicted octanol–water partition coefficient (Wildman–Crippen LogP) is 3.65. The zero-order valence-corrected chi connectivity index (χ0v) is 13.8. The normalized spacial score (nSPS) is 10.0. The molecule has 0 fully saturated rings. The Balaban J connectivity index is 1.84. The molecule has 0 heterocycles. The molecule has 1 amide bonds. The molecule has 2 rings (SSSR count). The molecule has 0 aliphatic rings. The summed E-state index contributed by atoms with van der Waals surface area (Å²) in [6.07, 6.45) is 0. The molecule has 7 heteroatoms. The SMILES string of the molecule is Cc1cc(NC(=O)CSCc2ccc(C#N)cc2)ccc1[N+](=O)[O-]. The Kier molecular flexibility index (Phi) is 5.93. The van der Waals surface area contributed by atoms with Gasteiger partial charge in [-0.2, -0.15) is 5.26 Å². The Hall–Kier alpha value is -2.85. The van der Waals surface area contributed by atoms with Crippen LogP contribution in [-0.4, -0.2) is 16.6 Å². The van der Waals surface area contributed by atoms with Gasteiger partial charge in [-0.15, -0.1) is 11.8 Å². The number of carbonyl (C=O) groups excluding carboxylic acids is 1. The van der Waals surface area contributed by atoms with E-state index in [4.69, 9.17) is 5.26 Å². The van der Waals surface area contributed by atoms with E-state index in [1.807, 2.05) is 12.1 Å². The van der Waals surface area contributed by atoms with Gasteiger partial charge in [0, 0.05) is 23.1 Å². The van der Waals surface area contributed by atoms with E-state index < -0.39 is 4.92 Å². The first kappa shape index (κ1) is 17.5. The fraction of sp³-hybridized carbons (Fsp3) is 0.176. The zero-order chi connectivity index (χ0) is 17.5. The highest BCUT2D eigenvalue weighted by atomic mass is 32.2. The summed E-state index contributed by atoms with van der Waals surface area (Å²) < 4.78 is 0. The summed E-state index contributed by atoms with van der Waals surface area (Å²) in [6, 6.07) is 13.8. The van der Waals surface area contributed by atoms with Crippen LogP contribution in [0.3, 0.4) is 0 Å². The Morgan fingerprint density at radius 3 is 2.58 bits per heavy atom. The lowest BCUT2D eigenvalue weighted by Gasteiger charge is -2.06. The van der Waals surface area contributed by atoms with Gasteiger partial charge in [-0.3, -0.25) is 14.9 Å². The summed E-state index contributed by atoms with van der Waals surface area (Å²) in [5, 5.41) is 22.2. The predicted molar refractivity (Wildman–Crippen MR) is 93.8 cm³/mol. The third-order valence-electron chi connectivity index (χ3n) is 3.26. The molecule has 0 radical (unpaired) electrons. The van der Waals surface area contributed by atoms with Gasteiger partial charge >= 0.3 is 0 Å². The van der Waals surface area contributed by atoms with E-state index in [1.165, 1.54) is 23.9 Å². The van der Waals surface area contributed by atoms with E-state index in [2.05, 4.69) is 11.4 Å². The van der Waals surface area contributed by atoms with E-state index in [9.17, 15) is 14.9 Å². The minimum absolute atomic E-state index is 0.0307. The molecule has 1 N–H and O–H groups in total. The number of nitro groups is 1. The number of benzene rings is 2. The molecule has 0 bridgehead atoms. The number of amides is 1. The maximum absolute atomic E-state index is 11.9. The molecule has 122 valence electrons. The summed E-state index contributed by atoms with van der Waals surface area (Å²) in [4.78, 5) is 22.2. The molecule has 0 aliphatic carbocycles. The third kappa shape index (κ3) is 4.83. The number of hydrogen-bond donors (Lipinski definition) is 1. The number of anilines is 1. The largest absolute Gasteiger partial charge is 0.325 e. The minimum atomic E-state index is -0.450. The van der Waals surface area contributed by atoms with Gasteiger partial charge in [0.25, 0.3) is 5.69 Å². The first-order chi connectivity index (χ1) is 11.5. The Morgan fingerprint density at radius 1 is 1.29 bits per heavy atom. The second kappa shape index (κ2) is 8.13. The summed E-state index contributed by atoms with van der Waals surface area (Å²) in [5.41, 5.74) is 2.72. The molecule has 2 aromatic rings. The van der Waals surface area contributed by atoms with Gasteiger partial charge in [0.15, 0.2) is 0 Å². The number of nitrogens with zero attached hydrogens (tertiary/aromatic N) is 2. The van der Waals surface area contributed by atoms with Crippen molar-refractivity contribution in [3.63, 3.8) is 0 Å². The molecule has 24 heavy (non-hydrogen) atoms. The van der Waals surface area contributed by atoms with Crippen LogP contribution in [0.2, 0.25) is 0 Å². The molecule has 0 unspecified atom stereocenters. The lowest BCUT2D eigenvalue weighted by molar-refractivity contribution is -0.385. The fourth-order valence-electron chi connectivity index (χ4n) is 2.07. The molecule has 6 nitrogen and oxygen atoms in total. The van der Waals surface area contributed by atoms with Crippen molar-refractivity contribution in [2.75, 3.05) is 11.1 Å². The van der Waals surface area contributed by atoms with Gasteiger partial charge in [0.05, 0.1) is 22.3 Å². The van der Waals surface area contributed by atoms with Gasteiger partial charge in [0.2, 0.25) is 5.91 Å². The first-order valence-corrected chi connectivity index (χ1v) is 8.27. The second-order valence-corrected chi connectivity index (χ2v) is 6.09. The number of aryl methyl sites for hydroxylation is 1. The number of nitrogens with one attached hydrogen (secondary N) is 1. The average Bonchev–Trinajstić information content (AvgIpc) is 2.55. The molecular formula is C17H15N3O3S. The summed E-state index contributed by atoms with van der Waals surface area (Å²) in [7, 11) is 0. The lowest BCUT2D eigenvalue weighted by atomic mass is 10.2. The first-order valence-electron chi connectivity index (χ1n) is 7.11. The van der Waals surface area contributed by atoms with Crippen molar-refractivity contribution in [1.29, 1.82) is 5.26 Å². The molecule has 0 atom stereocenters. The monoisotopic (exact) mass is 341 g/mol. The van der Waals surface area contributed by atoms with Crippen LogP contribution in [0.25, 0.3) is 0 Å². The van der Waals surface area contributed by atoms with Crippen LogP contribution in [0.4, 0.5) is 11.4 Å². The number of rotatable bonds is 6. The van der Waals surface area contributed by atoms with E-state index in [0.29, 0.717) is 22.6 Å². The van der Waals surface area contributed by atoms with Crippen LogP contribution in [0.5, 0.6) is 0 Å². The van der Waals surface area contributed by atoms with Gasteiger partial charge in [-0.25, -0.2) is 0 Å². The Morgan fingerprint density at radius 2 is 2.00 bits per heavy atom. The summed E-state index contributed by atoms with van der Waals surface area (Å²) in [6.45, 7) is 1.63. The van der Waals surface area contributed by atoms with Gasteiger partial charge in [-0.05, 0) is 36.8 Å². The molecule has 0 aliphatic heterocycles. The molecule has 2 aromatic carbocycles. The highest BCUT2D eigenvalue weighted by molar-refractivity contribution is 7.99. The molecule has 0 saturated heterocycles. The lowest BCUT2D eigenvalue weighted by Crippen LogP contribution is -2.14. The maximum atomic E-state index is 11.9. The Bertz CT molecular complexity index is 798. The van der Waals surface area contributed by atoms with Crippen LogP contribution >= 0.6 is 11.8 Å². The highest BCUT2D eigenvalue weighted by Crippen LogP contribution is 2.22. The van der Waals surface area contributed by atoms with E-state index in [1.54, 1.807) is 25.1 Å². The van der Waals surface area contributed by atoms with Crippen LogP contribution in [-0.2, 0) is 10.5 Å². The molecular weight excluding hydrogens is 326 g/mol. The Labute approximate surface area is 143 Å². The summed E-state index contributed by atoms with van der Waals surface area (Å²) in [5.74, 6) is 0.774. The highest BCUT2D eigenvalue weighted by Gasteiger charge is 2.11. The maximum Gasteiger partial charge on any atom is 0.272 e. The van der Waals surface area contributed by atoms with Crippen molar-refractivity contribution in [2.45, 2.75) is 12.7 Å². The van der Waals surface area contributed by atoms with Crippen LogP contribution in [0.15, 0.2) is 42.5 Å². The van der Waals surface area contributed by atoms with Crippen molar-refractivity contribution in [3.05, 3.63) is 69.3 Å². The van der Waals surface area contributed by atoms with Crippen molar-refractivity contribution < 1.29 is 9.72 Å². The third-order valence-corrected chi connectivity index (χ3v) is 4.27. The average molecular weight is 341 g/mol. The second-order valence-electron chi connectivity index (χ2n) is 5.11. The number of thioether (sulfide) groups is 1. The smallest absolute Gasteiger partial charge is 0.272 e. The fourth-order valence-corrected chi connectivity index (χ4v) is 2.86. The number of nitro benzene ring substituents is 1. The van der Waals surface area contributed by atoms with Crippen LogP contribution in [0.1, 0.15) is 16.7 Å². The standard InChI is InChI=1S/C17H15N3O3S/c1-12-8-15(6-7-16(12)20(22)23)19-17(21)11-24-10-14-4-2-13(9-18)3-5-14/h2-8H,10-11H2,1H3,(H,19,21). The molecule has 0 spiro atoms. The number of carbonyl (C=O) groups is 1. The zero-order valence-electron chi connectivity index (χ0n) is 13.0. The van der Waals surface area contributed by atoms with E-state index >= 15 is 0 Å². The van der Waals surface area contributed by atoms with E-state index in [-0.39, 0.29) is 17.3 Å². The number of hydrogen-bond acceptors (Lipinski definition) is 5. The van der Waals surface area contributed by atoms with E-state index in [0.717, 1.165) is 5.56 Å². The minimum Gasteiger partial charge on any atom is -0.325 e. The van der Waals surface area contributed by atoms with Crippen molar-refractivity contribution in [3.8, 4) is 6.07 Å². The van der Waals surface area contributed by atoms with Crippen molar-refractivity contribution in [2.24, 2.45) is 0 Å². The number of nitriles is 1. The van der Waals surface area contributed by atoms with Crippen molar-refractivity contribution in [1.82, 2.24) is 0 Å². The van der Waals surface area contributed by atoms with Gasteiger partial charge in [0.1, 0.15) is 0 Å². The molecule has 0 aromatic heterocycles. The van der Waals surface area contributed by atoms with Crippen molar-refractivity contribution >= 4 is 29.0 Å². The topological polar surface area (TPSA) is 96.0 Å². The van der Waals surface area contributed by atoms with Gasteiger partial charge in [-0.1, -0.05) is 12.1 Å². The summed E-state index contributed by atoms with van der Waals surface area (Å²) >= 11 is 1.46. The van der Waals surface area contributed by atoms with Gasteiger partial charge < -0.3 is 5.32 Å².